The molecule has 0 radical (unpaired) electrons. The van der Waals surface area contributed by atoms with E-state index in [-0.39, 0.29) is 0 Å². The number of benzene rings is 1. The van der Waals surface area contributed by atoms with E-state index in [9.17, 15) is 0 Å². The highest BCUT2D eigenvalue weighted by atomic mass is 14.9. The summed E-state index contributed by atoms with van der Waals surface area (Å²) in [6.07, 6.45) is 6.67. The summed E-state index contributed by atoms with van der Waals surface area (Å²) in [6.45, 7) is 5.59. The van der Waals surface area contributed by atoms with Crippen LogP contribution in [0.2, 0.25) is 0 Å². The molecule has 0 amide bonds. The molecule has 3 rings (SSSR count). The molecular formula is C17H22N2. The first-order valence-electron chi connectivity index (χ1n) is 7.37. The van der Waals surface area contributed by atoms with Gasteiger partial charge in [0, 0.05) is 23.8 Å². The van der Waals surface area contributed by atoms with Crippen LogP contribution in [-0.4, -0.2) is 11.5 Å². The number of fused-ring (bicyclic) bond motifs is 1. The lowest BCUT2D eigenvalue weighted by Crippen LogP contribution is -2.28. The maximum absolute atomic E-state index is 4.31. The zero-order valence-electron chi connectivity index (χ0n) is 11.8. The van der Waals surface area contributed by atoms with Crippen LogP contribution in [0.1, 0.15) is 38.3 Å². The summed E-state index contributed by atoms with van der Waals surface area (Å²) in [7, 11) is 0. The zero-order valence-corrected chi connectivity index (χ0v) is 11.8. The van der Waals surface area contributed by atoms with Crippen LogP contribution in [0.4, 0.5) is 0 Å². The molecule has 2 unspecified atom stereocenters. The second-order valence-corrected chi connectivity index (χ2v) is 5.68. The molecule has 2 aromatic rings. The van der Waals surface area contributed by atoms with E-state index in [1.165, 1.54) is 29.2 Å². The molecule has 19 heavy (non-hydrogen) atoms. The highest BCUT2D eigenvalue weighted by Crippen LogP contribution is 2.43. The minimum absolute atomic E-state index is 0.449. The molecule has 2 atom stereocenters. The van der Waals surface area contributed by atoms with E-state index >= 15 is 0 Å². The average Bonchev–Trinajstić information content (AvgIpc) is 3.28. The van der Waals surface area contributed by atoms with Crippen molar-refractivity contribution in [3.63, 3.8) is 0 Å². The van der Waals surface area contributed by atoms with Crippen molar-refractivity contribution in [2.75, 3.05) is 6.54 Å². The lowest BCUT2D eigenvalue weighted by molar-refractivity contribution is 0.357. The minimum atomic E-state index is 0.449. The minimum Gasteiger partial charge on any atom is -0.310 e. The van der Waals surface area contributed by atoms with Gasteiger partial charge in [0.25, 0.3) is 0 Å². The van der Waals surface area contributed by atoms with Crippen LogP contribution in [0.25, 0.3) is 10.8 Å². The average molecular weight is 254 g/mol. The van der Waals surface area contributed by atoms with E-state index in [0.717, 1.165) is 12.5 Å². The molecule has 1 aromatic carbocycles. The predicted molar refractivity (Wildman–Crippen MR) is 80.0 cm³/mol. The van der Waals surface area contributed by atoms with Gasteiger partial charge in [-0.2, -0.15) is 0 Å². The van der Waals surface area contributed by atoms with Gasteiger partial charge < -0.3 is 5.32 Å². The molecule has 1 heterocycles. The number of pyridine rings is 1. The van der Waals surface area contributed by atoms with Crippen LogP contribution in [-0.2, 0) is 0 Å². The first-order valence-corrected chi connectivity index (χ1v) is 7.37. The third-order valence-corrected chi connectivity index (χ3v) is 4.37. The van der Waals surface area contributed by atoms with E-state index < -0.39 is 0 Å². The van der Waals surface area contributed by atoms with Crippen molar-refractivity contribution < 1.29 is 0 Å². The van der Waals surface area contributed by atoms with Gasteiger partial charge in [-0.1, -0.05) is 32.0 Å². The van der Waals surface area contributed by atoms with Crippen LogP contribution in [0, 0.1) is 11.8 Å². The summed E-state index contributed by atoms with van der Waals surface area (Å²) in [6, 6.07) is 9.15. The summed E-state index contributed by atoms with van der Waals surface area (Å²) in [5.41, 5.74) is 1.41. The second-order valence-electron chi connectivity index (χ2n) is 5.68. The van der Waals surface area contributed by atoms with Crippen molar-refractivity contribution in [1.82, 2.24) is 10.3 Å². The van der Waals surface area contributed by atoms with E-state index in [4.69, 9.17) is 0 Å². The molecule has 1 aliphatic carbocycles. The van der Waals surface area contributed by atoms with Gasteiger partial charge in [0.1, 0.15) is 0 Å². The van der Waals surface area contributed by atoms with Crippen LogP contribution in [0.15, 0.2) is 36.7 Å². The summed E-state index contributed by atoms with van der Waals surface area (Å²) in [5, 5.41) is 6.27. The van der Waals surface area contributed by atoms with Crippen LogP contribution < -0.4 is 5.32 Å². The first-order chi connectivity index (χ1) is 9.31. The molecule has 100 valence electrons. The Kier molecular flexibility index (Phi) is 3.52. The SMILES string of the molecule is CCNC(c1cccc2ccncc12)C(C)C1CC1. The highest BCUT2D eigenvalue weighted by Gasteiger charge is 2.34. The lowest BCUT2D eigenvalue weighted by atomic mass is 9.88. The Hall–Kier alpha value is -1.41. The number of nitrogens with zero attached hydrogens (tertiary/aromatic N) is 1. The van der Waals surface area contributed by atoms with Gasteiger partial charge in [-0.15, -0.1) is 0 Å². The number of hydrogen-bond donors (Lipinski definition) is 1. The second kappa shape index (κ2) is 5.30. The highest BCUT2D eigenvalue weighted by molar-refractivity contribution is 5.85. The molecule has 0 spiro atoms. The zero-order chi connectivity index (χ0) is 13.2. The van der Waals surface area contributed by atoms with E-state index in [0.29, 0.717) is 12.0 Å². The summed E-state index contributed by atoms with van der Waals surface area (Å²) < 4.78 is 0. The fourth-order valence-electron chi connectivity index (χ4n) is 3.10. The molecule has 1 fully saturated rings. The standard InChI is InChI=1S/C17H22N2/c1-3-19-17(12(2)13-7-8-13)15-6-4-5-14-9-10-18-11-16(14)15/h4-6,9-13,17,19H,3,7-8H2,1-2H3. The molecule has 0 bridgehead atoms. The van der Waals surface area contributed by atoms with Gasteiger partial charge in [0.2, 0.25) is 0 Å². The Morgan fingerprint density at radius 3 is 2.89 bits per heavy atom. The number of hydrogen-bond acceptors (Lipinski definition) is 2. The maximum atomic E-state index is 4.31. The lowest BCUT2D eigenvalue weighted by Gasteiger charge is -2.26. The molecule has 2 heteroatoms. The van der Waals surface area contributed by atoms with Crippen molar-refractivity contribution in [3.05, 3.63) is 42.2 Å². The van der Waals surface area contributed by atoms with Gasteiger partial charge in [0.15, 0.2) is 0 Å². The third-order valence-electron chi connectivity index (χ3n) is 4.37. The fourth-order valence-corrected chi connectivity index (χ4v) is 3.10. The Morgan fingerprint density at radius 1 is 1.32 bits per heavy atom. The molecule has 1 aromatic heterocycles. The molecule has 2 nitrogen and oxygen atoms in total. The van der Waals surface area contributed by atoms with Gasteiger partial charge in [-0.05, 0) is 48.2 Å². The summed E-state index contributed by atoms with van der Waals surface area (Å²) >= 11 is 0. The monoisotopic (exact) mass is 254 g/mol. The summed E-state index contributed by atoms with van der Waals surface area (Å²) in [5.74, 6) is 1.60. The normalized spacial score (nSPS) is 18.4. The van der Waals surface area contributed by atoms with Crippen LogP contribution >= 0.6 is 0 Å². The molecule has 0 saturated heterocycles. The third kappa shape index (κ3) is 2.50. The van der Waals surface area contributed by atoms with E-state index in [1.54, 1.807) is 0 Å². The molecule has 1 aliphatic rings. The number of nitrogens with one attached hydrogen (secondary N) is 1. The van der Waals surface area contributed by atoms with E-state index in [1.807, 2.05) is 12.4 Å². The Morgan fingerprint density at radius 2 is 2.16 bits per heavy atom. The van der Waals surface area contributed by atoms with Crippen molar-refractivity contribution in [2.24, 2.45) is 11.8 Å². The Labute approximate surface area is 115 Å². The maximum Gasteiger partial charge on any atom is 0.0355 e. The number of aromatic nitrogens is 1. The molecular weight excluding hydrogens is 232 g/mol. The van der Waals surface area contributed by atoms with Crippen molar-refractivity contribution >= 4 is 10.8 Å². The first kappa shape index (κ1) is 12.6. The predicted octanol–water partition coefficient (Wildman–Crippen LogP) is 3.93. The molecule has 1 saturated carbocycles. The smallest absolute Gasteiger partial charge is 0.0355 e. The van der Waals surface area contributed by atoms with Crippen molar-refractivity contribution in [3.8, 4) is 0 Å². The van der Waals surface area contributed by atoms with Gasteiger partial charge >= 0.3 is 0 Å². The largest absolute Gasteiger partial charge is 0.310 e. The van der Waals surface area contributed by atoms with Crippen LogP contribution in [0.3, 0.4) is 0 Å². The van der Waals surface area contributed by atoms with Crippen molar-refractivity contribution in [1.29, 1.82) is 0 Å². The Balaban J connectivity index is 2.03. The fraction of sp³-hybridized carbons (Fsp3) is 0.471. The van der Waals surface area contributed by atoms with Gasteiger partial charge in [0.05, 0.1) is 0 Å². The number of rotatable bonds is 5. The molecule has 0 aliphatic heterocycles. The van der Waals surface area contributed by atoms with Crippen molar-refractivity contribution in [2.45, 2.75) is 32.7 Å². The topological polar surface area (TPSA) is 24.9 Å². The van der Waals surface area contributed by atoms with Gasteiger partial charge in [-0.25, -0.2) is 0 Å². The van der Waals surface area contributed by atoms with Gasteiger partial charge in [-0.3, -0.25) is 4.98 Å². The van der Waals surface area contributed by atoms with Crippen LogP contribution in [0.5, 0.6) is 0 Å². The quantitative estimate of drug-likeness (QED) is 0.874. The van der Waals surface area contributed by atoms with E-state index in [2.05, 4.69) is 48.4 Å². The Bertz CT molecular complexity index is 555. The summed E-state index contributed by atoms with van der Waals surface area (Å²) in [4.78, 5) is 4.31. The molecule has 1 N–H and O–H groups in total.